The van der Waals surface area contributed by atoms with Crippen LogP contribution in [-0.2, 0) is 9.84 Å². The number of sulfone groups is 1. The fourth-order valence-electron chi connectivity index (χ4n) is 2.18. The minimum Gasteiger partial charge on any atom is -0.387 e. The van der Waals surface area contributed by atoms with Crippen LogP contribution in [0.2, 0.25) is 0 Å². The zero-order chi connectivity index (χ0) is 14.8. The standard InChI is InChI=1S/C13H19FN2O3S/c14-9-12(15)13(17)10-1-3-11(4-2-10)16-5-7-20(18,19)8-6-16/h1-4,12-13,17H,5-9,15H2/t12-,13+/m0/s1. The van der Waals surface area contributed by atoms with Crippen molar-refractivity contribution in [2.75, 3.05) is 36.2 Å². The lowest BCUT2D eigenvalue weighted by Crippen LogP contribution is -2.40. The van der Waals surface area contributed by atoms with E-state index in [-0.39, 0.29) is 11.5 Å². The molecule has 1 aliphatic rings. The van der Waals surface area contributed by atoms with E-state index in [4.69, 9.17) is 5.73 Å². The predicted molar refractivity (Wildman–Crippen MR) is 76.2 cm³/mol. The van der Waals surface area contributed by atoms with E-state index in [9.17, 15) is 17.9 Å². The van der Waals surface area contributed by atoms with Gasteiger partial charge in [0, 0.05) is 18.8 Å². The lowest BCUT2D eigenvalue weighted by Gasteiger charge is -2.29. The molecule has 7 heteroatoms. The van der Waals surface area contributed by atoms with Crippen molar-refractivity contribution in [1.29, 1.82) is 0 Å². The number of aliphatic hydroxyl groups is 1. The molecule has 1 heterocycles. The maximum atomic E-state index is 12.4. The molecule has 20 heavy (non-hydrogen) atoms. The van der Waals surface area contributed by atoms with Gasteiger partial charge in [-0.15, -0.1) is 0 Å². The smallest absolute Gasteiger partial charge is 0.153 e. The van der Waals surface area contributed by atoms with Gasteiger partial charge in [0.1, 0.15) is 6.67 Å². The molecule has 1 saturated heterocycles. The first-order valence-electron chi connectivity index (χ1n) is 6.48. The third-order valence-electron chi connectivity index (χ3n) is 3.53. The Morgan fingerprint density at radius 1 is 1.25 bits per heavy atom. The van der Waals surface area contributed by atoms with Crippen LogP contribution in [0.4, 0.5) is 10.1 Å². The maximum absolute atomic E-state index is 12.4. The Bertz CT molecular complexity index is 533. The van der Waals surface area contributed by atoms with Gasteiger partial charge >= 0.3 is 0 Å². The first-order valence-corrected chi connectivity index (χ1v) is 8.30. The van der Waals surface area contributed by atoms with Crippen LogP contribution in [0.5, 0.6) is 0 Å². The summed E-state index contributed by atoms with van der Waals surface area (Å²) >= 11 is 0. The fraction of sp³-hybridized carbons (Fsp3) is 0.538. The Kier molecular flexibility index (Phi) is 4.62. The van der Waals surface area contributed by atoms with Gasteiger partial charge in [0.2, 0.25) is 0 Å². The number of halogens is 1. The average Bonchev–Trinajstić information content (AvgIpc) is 2.46. The van der Waals surface area contributed by atoms with Gasteiger partial charge in [0.05, 0.1) is 23.7 Å². The summed E-state index contributed by atoms with van der Waals surface area (Å²) < 4.78 is 35.2. The molecule has 0 saturated carbocycles. The maximum Gasteiger partial charge on any atom is 0.153 e. The number of benzene rings is 1. The monoisotopic (exact) mass is 302 g/mol. The topological polar surface area (TPSA) is 83.6 Å². The average molecular weight is 302 g/mol. The van der Waals surface area contributed by atoms with Gasteiger partial charge in [-0.05, 0) is 17.7 Å². The molecule has 2 rings (SSSR count). The molecule has 0 aromatic heterocycles. The molecule has 0 aliphatic carbocycles. The van der Waals surface area contributed by atoms with Crippen LogP contribution in [0.1, 0.15) is 11.7 Å². The molecule has 3 N–H and O–H groups in total. The zero-order valence-corrected chi connectivity index (χ0v) is 11.9. The molecule has 1 aromatic rings. The molecule has 0 spiro atoms. The summed E-state index contributed by atoms with van der Waals surface area (Å²) in [5.74, 6) is 0.314. The number of nitrogens with two attached hydrogens (primary N) is 1. The largest absolute Gasteiger partial charge is 0.387 e. The highest BCUT2D eigenvalue weighted by atomic mass is 32.2. The molecule has 0 bridgehead atoms. The van der Waals surface area contributed by atoms with E-state index < -0.39 is 28.7 Å². The summed E-state index contributed by atoms with van der Waals surface area (Å²) in [6.45, 7) is 0.148. The van der Waals surface area contributed by atoms with Crippen molar-refractivity contribution in [2.24, 2.45) is 5.73 Å². The summed E-state index contributed by atoms with van der Waals surface area (Å²) in [5.41, 5.74) is 6.91. The summed E-state index contributed by atoms with van der Waals surface area (Å²) in [7, 11) is -2.90. The third-order valence-corrected chi connectivity index (χ3v) is 5.14. The van der Waals surface area contributed by atoms with Gasteiger partial charge in [-0.25, -0.2) is 12.8 Å². The molecule has 112 valence electrons. The van der Waals surface area contributed by atoms with Gasteiger partial charge in [-0.2, -0.15) is 0 Å². The highest BCUT2D eigenvalue weighted by Crippen LogP contribution is 2.22. The Labute approximate surface area is 118 Å². The Balaban J connectivity index is 2.05. The fourth-order valence-corrected chi connectivity index (χ4v) is 3.39. The molecule has 5 nitrogen and oxygen atoms in total. The lowest BCUT2D eigenvalue weighted by atomic mass is 10.0. The van der Waals surface area contributed by atoms with Gasteiger partial charge in [0.25, 0.3) is 0 Å². The number of hydrogen-bond acceptors (Lipinski definition) is 5. The Hall–Kier alpha value is -1.18. The van der Waals surface area contributed by atoms with Crippen molar-refractivity contribution in [3.05, 3.63) is 29.8 Å². The van der Waals surface area contributed by atoms with Crippen molar-refractivity contribution in [3.8, 4) is 0 Å². The first-order chi connectivity index (χ1) is 9.43. The van der Waals surface area contributed by atoms with Gasteiger partial charge in [0.15, 0.2) is 9.84 Å². The van der Waals surface area contributed by atoms with Crippen molar-refractivity contribution < 1.29 is 17.9 Å². The molecule has 1 fully saturated rings. The number of nitrogens with zero attached hydrogens (tertiary/aromatic N) is 1. The van der Waals surface area contributed by atoms with E-state index in [0.29, 0.717) is 18.7 Å². The molecular formula is C13H19FN2O3S. The molecule has 0 unspecified atom stereocenters. The minimum absolute atomic E-state index is 0.157. The van der Waals surface area contributed by atoms with E-state index >= 15 is 0 Å². The number of rotatable bonds is 4. The van der Waals surface area contributed by atoms with Crippen LogP contribution >= 0.6 is 0 Å². The van der Waals surface area contributed by atoms with Gasteiger partial charge in [-0.3, -0.25) is 0 Å². The predicted octanol–water partition coefficient (Wildman–Crippen LogP) is 0.252. The lowest BCUT2D eigenvalue weighted by molar-refractivity contribution is 0.132. The molecule has 0 radical (unpaired) electrons. The first kappa shape index (κ1) is 15.2. The second-order valence-corrected chi connectivity index (χ2v) is 7.30. The third kappa shape index (κ3) is 3.47. The number of hydrogen-bond donors (Lipinski definition) is 2. The number of anilines is 1. The summed E-state index contributed by atoms with van der Waals surface area (Å²) in [6.07, 6.45) is -1.03. The molecule has 2 atom stereocenters. The van der Waals surface area contributed by atoms with E-state index in [1.807, 2.05) is 4.90 Å². The van der Waals surface area contributed by atoms with Crippen molar-refractivity contribution in [1.82, 2.24) is 0 Å². The van der Waals surface area contributed by atoms with Crippen molar-refractivity contribution >= 4 is 15.5 Å². The van der Waals surface area contributed by atoms with Gasteiger partial charge < -0.3 is 15.7 Å². The highest BCUT2D eigenvalue weighted by Gasteiger charge is 2.22. The second-order valence-electron chi connectivity index (χ2n) is 4.99. The molecule has 0 amide bonds. The van der Waals surface area contributed by atoms with Crippen LogP contribution in [0.25, 0.3) is 0 Å². The Morgan fingerprint density at radius 3 is 2.30 bits per heavy atom. The zero-order valence-electron chi connectivity index (χ0n) is 11.1. The summed E-state index contributed by atoms with van der Waals surface area (Å²) in [6, 6.07) is 6.04. The quantitative estimate of drug-likeness (QED) is 0.833. The number of alkyl halides is 1. The van der Waals surface area contributed by atoms with E-state index in [0.717, 1.165) is 5.69 Å². The Morgan fingerprint density at radius 2 is 1.80 bits per heavy atom. The number of aliphatic hydroxyl groups excluding tert-OH is 1. The molecular weight excluding hydrogens is 283 g/mol. The summed E-state index contributed by atoms with van der Waals surface area (Å²) in [4.78, 5) is 1.98. The summed E-state index contributed by atoms with van der Waals surface area (Å²) in [5, 5.41) is 9.80. The van der Waals surface area contributed by atoms with Crippen molar-refractivity contribution in [3.63, 3.8) is 0 Å². The molecule has 1 aliphatic heterocycles. The van der Waals surface area contributed by atoms with Crippen LogP contribution in [0.3, 0.4) is 0 Å². The SMILES string of the molecule is N[C@@H](CF)[C@H](O)c1ccc(N2CCS(=O)(=O)CC2)cc1. The van der Waals surface area contributed by atoms with Crippen LogP contribution in [0.15, 0.2) is 24.3 Å². The van der Waals surface area contributed by atoms with Crippen LogP contribution < -0.4 is 10.6 Å². The normalized spacial score (nSPS) is 21.4. The second kappa shape index (κ2) is 6.07. The highest BCUT2D eigenvalue weighted by molar-refractivity contribution is 7.91. The van der Waals surface area contributed by atoms with Crippen molar-refractivity contribution in [2.45, 2.75) is 12.1 Å². The van der Waals surface area contributed by atoms with Crippen LogP contribution in [0, 0.1) is 0 Å². The van der Waals surface area contributed by atoms with E-state index in [1.54, 1.807) is 24.3 Å². The van der Waals surface area contributed by atoms with E-state index in [1.165, 1.54) is 0 Å². The molecule has 1 aromatic carbocycles. The minimum atomic E-state index is -2.90. The van der Waals surface area contributed by atoms with Gasteiger partial charge in [-0.1, -0.05) is 12.1 Å². The van der Waals surface area contributed by atoms with E-state index in [2.05, 4.69) is 0 Å². The van der Waals surface area contributed by atoms with Crippen LogP contribution in [-0.4, -0.2) is 50.8 Å².